The summed E-state index contributed by atoms with van der Waals surface area (Å²) in [6, 6.07) is 4.85. The van der Waals surface area contributed by atoms with Gasteiger partial charge >= 0.3 is 6.03 Å². The molecule has 0 bridgehead atoms. The highest BCUT2D eigenvalue weighted by Gasteiger charge is 2.41. The van der Waals surface area contributed by atoms with Gasteiger partial charge in [0.2, 0.25) is 11.8 Å². The van der Waals surface area contributed by atoms with E-state index >= 15 is 4.39 Å². The van der Waals surface area contributed by atoms with E-state index in [1.165, 1.54) is 28.8 Å². The lowest BCUT2D eigenvalue weighted by Gasteiger charge is -2.32. The summed E-state index contributed by atoms with van der Waals surface area (Å²) >= 11 is 7.78. The summed E-state index contributed by atoms with van der Waals surface area (Å²) in [5.41, 5.74) is 0.123. The predicted octanol–water partition coefficient (Wildman–Crippen LogP) is 4.47. The number of imide groups is 1. The maximum atomic E-state index is 15.5. The first-order valence-corrected chi connectivity index (χ1v) is 14.2. The van der Waals surface area contributed by atoms with Crippen molar-refractivity contribution in [2.45, 2.75) is 68.4 Å². The molecule has 2 unspecified atom stereocenters. The number of fused-ring (bicyclic) bond motifs is 2. The highest BCUT2D eigenvalue weighted by atomic mass is 35.5. The second-order valence-corrected chi connectivity index (χ2v) is 12.0. The number of rotatable bonds is 7. The minimum absolute atomic E-state index is 0.0895. The monoisotopic (exact) mass is 589 g/mol. The first-order chi connectivity index (χ1) is 19.0. The molecule has 5 rings (SSSR count). The quantitative estimate of drug-likeness (QED) is 0.351. The number of thioether (sulfide) groups is 1. The fourth-order valence-electron chi connectivity index (χ4n) is 4.95. The molecule has 0 radical (unpaired) electrons. The Hall–Kier alpha value is -3.51. The average Bonchev–Trinajstić information content (AvgIpc) is 3.46. The zero-order valence-corrected chi connectivity index (χ0v) is 23.7. The van der Waals surface area contributed by atoms with E-state index < -0.39 is 41.2 Å². The molecule has 212 valence electrons. The first kappa shape index (κ1) is 28.0. The van der Waals surface area contributed by atoms with Gasteiger partial charge < -0.3 is 25.6 Å². The molecular formula is C27H29ClFN5O5S. The van der Waals surface area contributed by atoms with Crippen LogP contribution in [0, 0.1) is 5.82 Å². The summed E-state index contributed by atoms with van der Waals surface area (Å²) in [5.74, 6) is -1.58. The lowest BCUT2D eigenvalue weighted by Crippen LogP contribution is -2.54. The van der Waals surface area contributed by atoms with Gasteiger partial charge in [-0.2, -0.15) is 0 Å². The topological polar surface area (TPSA) is 129 Å². The fourth-order valence-corrected chi connectivity index (χ4v) is 6.48. The molecule has 40 heavy (non-hydrogen) atoms. The largest absolute Gasteiger partial charge is 0.491 e. The Balaban J connectivity index is 1.26. The van der Waals surface area contributed by atoms with Crippen LogP contribution in [0.1, 0.15) is 56.0 Å². The lowest BCUT2D eigenvalue weighted by molar-refractivity contribution is -0.136. The Morgan fingerprint density at radius 1 is 1.27 bits per heavy atom. The highest BCUT2D eigenvalue weighted by molar-refractivity contribution is 8.00. The van der Waals surface area contributed by atoms with Crippen LogP contribution in [0.4, 0.5) is 20.6 Å². The summed E-state index contributed by atoms with van der Waals surface area (Å²) in [5, 5.41) is 11.3. The summed E-state index contributed by atoms with van der Waals surface area (Å²) in [6.45, 7) is 6.09. The van der Waals surface area contributed by atoms with Gasteiger partial charge in [-0.25, -0.2) is 9.18 Å². The van der Waals surface area contributed by atoms with E-state index in [-0.39, 0.29) is 41.6 Å². The SMILES string of the molecule is CCCOc1cc(Cl)cc2c1NC(C(C)(C)NC(=O)Nc1ccc3c(c1F)CN(C1CCC(=O)NC1=O)C3=O)S2. The smallest absolute Gasteiger partial charge is 0.319 e. The molecule has 0 aromatic heterocycles. The van der Waals surface area contributed by atoms with E-state index in [0.717, 1.165) is 17.0 Å². The maximum Gasteiger partial charge on any atom is 0.319 e. The molecule has 1 saturated heterocycles. The van der Waals surface area contributed by atoms with Gasteiger partial charge in [0.05, 0.1) is 35.4 Å². The fraction of sp³-hybridized carbons (Fsp3) is 0.407. The third-order valence-electron chi connectivity index (χ3n) is 7.00. The Morgan fingerprint density at radius 2 is 2.05 bits per heavy atom. The summed E-state index contributed by atoms with van der Waals surface area (Å²) < 4.78 is 21.3. The first-order valence-electron chi connectivity index (χ1n) is 12.9. The van der Waals surface area contributed by atoms with Gasteiger partial charge in [-0.3, -0.25) is 19.7 Å². The normalized spacial score (nSPS) is 20.0. The van der Waals surface area contributed by atoms with Crippen molar-refractivity contribution in [3.63, 3.8) is 0 Å². The molecule has 2 aromatic carbocycles. The minimum Gasteiger partial charge on any atom is -0.491 e. The number of hydrogen-bond acceptors (Lipinski definition) is 7. The van der Waals surface area contributed by atoms with Crippen LogP contribution in [0.2, 0.25) is 5.02 Å². The van der Waals surface area contributed by atoms with Crippen molar-refractivity contribution in [2.75, 3.05) is 17.2 Å². The third kappa shape index (κ3) is 5.29. The van der Waals surface area contributed by atoms with Crippen molar-refractivity contribution < 1.29 is 28.3 Å². The number of piperidine rings is 1. The molecular weight excluding hydrogens is 561 g/mol. The van der Waals surface area contributed by atoms with Gasteiger partial charge in [-0.15, -0.1) is 0 Å². The Kier molecular flexibility index (Phi) is 7.58. The van der Waals surface area contributed by atoms with Gasteiger partial charge in [-0.1, -0.05) is 30.3 Å². The zero-order chi connectivity index (χ0) is 28.8. The minimum atomic E-state index is -0.860. The second kappa shape index (κ2) is 10.8. The average molecular weight is 590 g/mol. The number of nitrogens with zero attached hydrogens (tertiary/aromatic N) is 1. The number of ether oxygens (including phenoxy) is 1. The Bertz CT molecular complexity index is 1420. The molecule has 3 aliphatic rings. The van der Waals surface area contributed by atoms with Crippen molar-refractivity contribution in [3.8, 4) is 5.75 Å². The van der Waals surface area contributed by atoms with Gasteiger partial charge in [0, 0.05) is 33.5 Å². The number of anilines is 2. The lowest BCUT2D eigenvalue weighted by atomic mass is 10.0. The Morgan fingerprint density at radius 3 is 2.77 bits per heavy atom. The molecule has 13 heteroatoms. The molecule has 1 fully saturated rings. The van der Waals surface area contributed by atoms with Crippen LogP contribution in [0.5, 0.6) is 5.75 Å². The van der Waals surface area contributed by atoms with Gasteiger partial charge in [-0.05, 0) is 44.9 Å². The van der Waals surface area contributed by atoms with E-state index in [1.807, 2.05) is 26.8 Å². The van der Waals surface area contributed by atoms with Crippen molar-refractivity contribution in [2.24, 2.45) is 0 Å². The van der Waals surface area contributed by atoms with Gasteiger partial charge in [0.25, 0.3) is 5.91 Å². The molecule has 0 saturated carbocycles. The zero-order valence-electron chi connectivity index (χ0n) is 22.2. The predicted molar refractivity (Wildman–Crippen MR) is 149 cm³/mol. The van der Waals surface area contributed by atoms with Crippen LogP contribution in [-0.4, -0.2) is 52.2 Å². The molecule has 10 nitrogen and oxygen atoms in total. The third-order valence-corrected chi connectivity index (χ3v) is 8.74. The van der Waals surface area contributed by atoms with Gasteiger partial charge in [0.1, 0.15) is 11.8 Å². The van der Waals surface area contributed by atoms with Crippen molar-refractivity contribution in [1.82, 2.24) is 15.5 Å². The van der Waals surface area contributed by atoms with E-state index in [0.29, 0.717) is 17.4 Å². The van der Waals surface area contributed by atoms with Crippen molar-refractivity contribution >= 4 is 58.5 Å². The molecule has 5 amide bonds. The summed E-state index contributed by atoms with van der Waals surface area (Å²) in [7, 11) is 0. The molecule has 2 atom stereocenters. The van der Waals surface area contributed by atoms with E-state index in [4.69, 9.17) is 16.3 Å². The summed E-state index contributed by atoms with van der Waals surface area (Å²) in [4.78, 5) is 51.8. The van der Waals surface area contributed by atoms with Crippen LogP contribution < -0.4 is 26.0 Å². The number of carbonyl (C=O) groups is 4. The van der Waals surface area contributed by atoms with Crippen LogP contribution >= 0.6 is 23.4 Å². The number of nitrogens with one attached hydrogen (secondary N) is 4. The highest BCUT2D eigenvalue weighted by Crippen LogP contribution is 2.48. The molecule has 0 aliphatic carbocycles. The Labute approximate surface area is 239 Å². The van der Waals surface area contributed by atoms with Crippen LogP contribution in [0.15, 0.2) is 29.2 Å². The van der Waals surface area contributed by atoms with E-state index in [9.17, 15) is 19.2 Å². The van der Waals surface area contributed by atoms with E-state index in [1.54, 1.807) is 6.07 Å². The number of halogens is 2. The molecule has 2 aromatic rings. The van der Waals surface area contributed by atoms with Gasteiger partial charge in [0.15, 0.2) is 5.82 Å². The second-order valence-electron chi connectivity index (χ2n) is 10.4. The number of carbonyl (C=O) groups excluding carboxylic acids is 4. The molecule has 3 heterocycles. The summed E-state index contributed by atoms with van der Waals surface area (Å²) in [6.07, 6.45) is 1.11. The number of urea groups is 1. The molecule has 0 spiro atoms. The molecule has 3 aliphatic heterocycles. The standard InChI is InChI=1S/C27H29ClFN5O5S/c1-4-9-39-18-10-13(28)11-19-22(18)32-25(40-19)27(2,3)33-26(38)30-16-6-5-14-15(21(16)29)12-34(24(14)37)17-7-8-20(35)31-23(17)36/h5-6,10-11,17,25,32H,4,7-9,12H2,1-3H3,(H2,30,33,38)(H,31,35,36). The number of benzene rings is 2. The number of hydrogen-bond donors (Lipinski definition) is 4. The van der Waals surface area contributed by atoms with Crippen LogP contribution in [0.3, 0.4) is 0 Å². The number of amides is 5. The van der Waals surface area contributed by atoms with Crippen LogP contribution in [0.25, 0.3) is 0 Å². The van der Waals surface area contributed by atoms with Crippen molar-refractivity contribution in [3.05, 3.63) is 46.2 Å². The van der Waals surface area contributed by atoms with E-state index in [2.05, 4.69) is 21.3 Å². The maximum absolute atomic E-state index is 15.5. The molecule has 4 N–H and O–H groups in total. The van der Waals surface area contributed by atoms with Crippen LogP contribution in [-0.2, 0) is 16.1 Å². The van der Waals surface area contributed by atoms with Crippen molar-refractivity contribution in [1.29, 1.82) is 0 Å².